The van der Waals surface area contributed by atoms with Gasteiger partial charge in [-0.1, -0.05) is 6.07 Å². The molecule has 0 saturated heterocycles. The third kappa shape index (κ3) is 2.21. The zero-order valence-corrected chi connectivity index (χ0v) is 10.6. The molecular formula is C15H17N3. The standard InChI is InChI=1S/C15H17N3/c1-11(12-7-9-16-10-8-12)17-15-6-5-13-3-2-4-14(13)18-15/h5-11H,2-4H2,1H3,(H,17,18). The number of hydrogen-bond donors (Lipinski definition) is 1. The molecule has 3 nitrogen and oxygen atoms in total. The third-order valence-corrected chi connectivity index (χ3v) is 3.50. The Balaban J connectivity index is 1.77. The molecule has 1 atom stereocenters. The van der Waals surface area contributed by atoms with Crippen LogP contribution in [0.5, 0.6) is 0 Å². The van der Waals surface area contributed by atoms with E-state index in [9.17, 15) is 0 Å². The number of aromatic nitrogens is 2. The number of hydrogen-bond acceptors (Lipinski definition) is 3. The molecule has 2 aromatic rings. The van der Waals surface area contributed by atoms with E-state index in [1.165, 1.54) is 29.7 Å². The topological polar surface area (TPSA) is 37.8 Å². The predicted octanol–water partition coefficient (Wildman–Crippen LogP) is 3.14. The second kappa shape index (κ2) is 4.77. The van der Waals surface area contributed by atoms with Crippen molar-refractivity contribution >= 4 is 5.82 Å². The monoisotopic (exact) mass is 239 g/mol. The Labute approximate surface area is 107 Å². The van der Waals surface area contributed by atoms with Crippen LogP contribution >= 0.6 is 0 Å². The summed E-state index contributed by atoms with van der Waals surface area (Å²) in [5, 5.41) is 3.45. The van der Waals surface area contributed by atoms with Gasteiger partial charge in [0.05, 0.1) is 6.04 Å². The third-order valence-electron chi connectivity index (χ3n) is 3.50. The van der Waals surface area contributed by atoms with Crippen molar-refractivity contribution in [2.45, 2.75) is 32.2 Å². The SMILES string of the molecule is CC(Nc1ccc2c(n1)CCC2)c1ccncc1. The molecule has 3 rings (SSSR count). The summed E-state index contributed by atoms with van der Waals surface area (Å²) in [5.41, 5.74) is 3.91. The minimum absolute atomic E-state index is 0.250. The minimum atomic E-state index is 0.250. The van der Waals surface area contributed by atoms with E-state index in [0.717, 1.165) is 12.2 Å². The largest absolute Gasteiger partial charge is 0.364 e. The lowest BCUT2D eigenvalue weighted by Crippen LogP contribution is -2.08. The van der Waals surface area contributed by atoms with Gasteiger partial charge in [-0.25, -0.2) is 4.98 Å². The van der Waals surface area contributed by atoms with E-state index < -0.39 is 0 Å². The van der Waals surface area contributed by atoms with Crippen LogP contribution in [-0.4, -0.2) is 9.97 Å². The van der Waals surface area contributed by atoms with Gasteiger partial charge in [0.25, 0.3) is 0 Å². The number of rotatable bonds is 3. The van der Waals surface area contributed by atoms with E-state index in [1.54, 1.807) is 0 Å². The highest BCUT2D eigenvalue weighted by atomic mass is 15.0. The Morgan fingerprint density at radius 3 is 2.78 bits per heavy atom. The van der Waals surface area contributed by atoms with E-state index in [1.807, 2.05) is 24.5 Å². The highest BCUT2D eigenvalue weighted by Crippen LogP contribution is 2.23. The summed E-state index contributed by atoms with van der Waals surface area (Å²) in [6.45, 7) is 2.14. The van der Waals surface area contributed by atoms with Crippen molar-refractivity contribution in [2.24, 2.45) is 0 Å². The van der Waals surface area contributed by atoms with Gasteiger partial charge >= 0.3 is 0 Å². The number of aryl methyl sites for hydroxylation is 2. The maximum Gasteiger partial charge on any atom is 0.126 e. The van der Waals surface area contributed by atoms with Crippen LogP contribution in [0.1, 0.15) is 36.2 Å². The van der Waals surface area contributed by atoms with Gasteiger partial charge < -0.3 is 5.32 Å². The quantitative estimate of drug-likeness (QED) is 0.894. The van der Waals surface area contributed by atoms with Crippen LogP contribution < -0.4 is 5.32 Å². The first-order chi connectivity index (χ1) is 8.83. The van der Waals surface area contributed by atoms with Crippen LogP contribution in [0.3, 0.4) is 0 Å². The average molecular weight is 239 g/mol. The Morgan fingerprint density at radius 1 is 1.11 bits per heavy atom. The summed E-state index contributed by atoms with van der Waals surface area (Å²) in [6.07, 6.45) is 7.19. The van der Waals surface area contributed by atoms with Crippen molar-refractivity contribution in [1.82, 2.24) is 9.97 Å². The zero-order chi connectivity index (χ0) is 12.4. The molecule has 0 saturated carbocycles. The maximum atomic E-state index is 4.69. The highest BCUT2D eigenvalue weighted by Gasteiger charge is 2.13. The Bertz CT molecular complexity index is 537. The van der Waals surface area contributed by atoms with Gasteiger partial charge in [0.2, 0.25) is 0 Å². The fourth-order valence-corrected chi connectivity index (χ4v) is 2.46. The first kappa shape index (κ1) is 11.2. The summed E-state index contributed by atoms with van der Waals surface area (Å²) in [6, 6.07) is 8.61. The lowest BCUT2D eigenvalue weighted by molar-refractivity contribution is 0.863. The summed E-state index contributed by atoms with van der Waals surface area (Å²) in [5.74, 6) is 0.972. The van der Waals surface area contributed by atoms with E-state index in [0.29, 0.717) is 0 Å². The van der Waals surface area contributed by atoms with Gasteiger partial charge in [-0.2, -0.15) is 0 Å². The van der Waals surface area contributed by atoms with Crippen LogP contribution in [0, 0.1) is 0 Å². The molecule has 3 heteroatoms. The van der Waals surface area contributed by atoms with Gasteiger partial charge in [0, 0.05) is 18.1 Å². The zero-order valence-electron chi connectivity index (χ0n) is 10.6. The number of nitrogens with one attached hydrogen (secondary N) is 1. The van der Waals surface area contributed by atoms with Crippen LogP contribution in [0.2, 0.25) is 0 Å². The van der Waals surface area contributed by atoms with E-state index in [4.69, 9.17) is 4.98 Å². The fraction of sp³-hybridized carbons (Fsp3) is 0.333. The molecule has 92 valence electrons. The molecule has 0 spiro atoms. The molecule has 0 bridgehead atoms. The van der Waals surface area contributed by atoms with Crippen LogP contribution in [0.25, 0.3) is 0 Å². The Kier molecular flexibility index (Phi) is 2.97. The normalized spacial score (nSPS) is 15.2. The first-order valence-corrected chi connectivity index (χ1v) is 6.48. The second-order valence-electron chi connectivity index (χ2n) is 4.80. The Hall–Kier alpha value is -1.90. The molecule has 0 aliphatic heterocycles. The molecule has 0 aromatic carbocycles. The molecule has 1 unspecified atom stereocenters. The molecule has 1 aliphatic rings. The van der Waals surface area contributed by atoms with Crippen LogP contribution in [0.4, 0.5) is 5.82 Å². The lowest BCUT2D eigenvalue weighted by atomic mass is 10.1. The van der Waals surface area contributed by atoms with Gasteiger partial charge in [0.15, 0.2) is 0 Å². The molecule has 1 aliphatic carbocycles. The number of nitrogens with zero attached hydrogens (tertiary/aromatic N) is 2. The molecule has 0 fully saturated rings. The number of anilines is 1. The van der Waals surface area contributed by atoms with Gasteiger partial charge in [-0.3, -0.25) is 4.98 Å². The molecular weight excluding hydrogens is 222 g/mol. The van der Waals surface area contributed by atoms with Crippen molar-refractivity contribution in [3.05, 3.63) is 53.5 Å². The summed E-state index contributed by atoms with van der Waals surface area (Å²) in [7, 11) is 0. The summed E-state index contributed by atoms with van der Waals surface area (Å²) in [4.78, 5) is 8.73. The second-order valence-corrected chi connectivity index (χ2v) is 4.80. The van der Waals surface area contributed by atoms with Crippen molar-refractivity contribution in [1.29, 1.82) is 0 Å². The Morgan fingerprint density at radius 2 is 1.94 bits per heavy atom. The number of pyridine rings is 2. The molecule has 0 radical (unpaired) electrons. The van der Waals surface area contributed by atoms with Gasteiger partial charge in [-0.15, -0.1) is 0 Å². The predicted molar refractivity (Wildman–Crippen MR) is 72.5 cm³/mol. The molecule has 2 aromatic heterocycles. The molecule has 18 heavy (non-hydrogen) atoms. The van der Waals surface area contributed by atoms with Crippen LogP contribution in [0.15, 0.2) is 36.7 Å². The highest BCUT2D eigenvalue weighted by molar-refractivity contribution is 5.42. The fourth-order valence-electron chi connectivity index (χ4n) is 2.46. The molecule has 1 N–H and O–H groups in total. The van der Waals surface area contributed by atoms with Crippen molar-refractivity contribution < 1.29 is 0 Å². The maximum absolute atomic E-state index is 4.69. The summed E-state index contributed by atoms with van der Waals surface area (Å²) < 4.78 is 0. The lowest BCUT2D eigenvalue weighted by Gasteiger charge is -2.15. The van der Waals surface area contributed by atoms with Crippen molar-refractivity contribution in [2.75, 3.05) is 5.32 Å². The average Bonchev–Trinajstić information content (AvgIpc) is 2.87. The molecule has 2 heterocycles. The van der Waals surface area contributed by atoms with Gasteiger partial charge in [0.1, 0.15) is 5.82 Å². The van der Waals surface area contributed by atoms with Crippen LogP contribution in [-0.2, 0) is 12.8 Å². The van der Waals surface area contributed by atoms with E-state index in [-0.39, 0.29) is 6.04 Å². The smallest absolute Gasteiger partial charge is 0.126 e. The molecule has 0 amide bonds. The summed E-state index contributed by atoms with van der Waals surface area (Å²) >= 11 is 0. The van der Waals surface area contributed by atoms with Crippen molar-refractivity contribution in [3.8, 4) is 0 Å². The van der Waals surface area contributed by atoms with Crippen molar-refractivity contribution in [3.63, 3.8) is 0 Å². The van der Waals surface area contributed by atoms with E-state index in [2.05, 4.69) is 29.4 Å². The first-order valence-electron chi connectivity index (χ1n) is 6.48. The minimum Gasteiger partial charge on any atom is -0.364 e. The van der Waals surface area contributed by atoms with E-state index >= 15 is 0 Å². The van der Waals surface area contributed by atoms with Gasteiger partial charge in [-0.05, 0) is 55.5 Å². The number of fused-ring (bicyclic) bond motifs is 1.